The molecule has 0 heterocycles. The number of carboxylic acids is 2. The Morgan fingerprint density at radius 3 is 1.88 bits per heavy atom. The predicted octanol–water partition coefficient (Wildman–Crippen LogP) is -0.590. The molecule has 0 spiro atoms. The van der Waals surface area contributed by atoms with Crippen LogP contribution in [-0.4, -0.2) is 51.1 Å². The number of hydrogen-bond acceptors (Lipinski definition) is 5. The van der Waals surface area contributed by atoms with Gasteiger partial charge in [0, 0.05) is 0 Å². The highest BCUT2D eigenvalue weighted by Crippen LogP contribution is 2.07. The van der Waals surface area contributed by atoms with E-state index in [-0.39, 0.29) is 0 Å². The van der Waals surface area contributed by atoms with E-state index in [1.807, 2.05) is 0 Å². The van der Waals surface area contributed by atoms with E-state index >= 15 is 0 Å². The molecule has 17 heavy (non-hydrogen) atoms. The van der Waals surface area contributed by atoms with E-state index in [0.29, 0.717) is 0 Å². The van der Waals surface area contributed by atoms with Crippen LogP contribution in [0.4, 0.5) is 4.79 Å². The summed E-state index contributed by atoms with van der Waals surface area (Å²) in [6, 6.07) is -1.97. The zero-order chi connectivity index (χ0) is 13.8. The molecule has 8 heteroatoms. The molecule has 0 saturated heterocycles. The van der Waals surface area contributed by atoms with Crippen molar-refractivity contribution in [3.63, 3.8) is 0 Å². The highest BCUT2D eigenvalue weighted by Gasteiger charge is 2.34. The zero-order valence-electron chi connectivity index (χ0n) is 9.63. The standard InChI is InChI=1S/C9H15NO7/c1-9(2,3)17-8(16)10-4(6(12)13)5(11)7(14)15/h4-5,11H,1-3H3,(H,10,16)(H,12,13)(H,14,15). The molecular formula is C9H15NO7. The van der Waals surface area contributed by atoms with E-state index in [4.69, 9.17) is 20.1 Å². The summed E-state index contributed by atoms with van der Waals surface area (Å²) in [6.07, 6.45) is -3.37. The Kier molecular flexibility index (Phi) is 4.89. The van der Waals surface area contributed by atoms with Gasteiger partial charge in [0.25, 0.3) is 0 Å². The van der Waals surface area contributed by atoms with Crippen molar-refractivity contribution in [3.05, 3.63) is 0 Å². The number of alkyl carbamates (subject to hydrolysis) is 1. The fourth-order valence-electron chi connectivity index (χ4n) is 0.853. The molecule has 0 fully saturated rings. The molecule has 0 aromatic carbocycles. The van der Waals surface area contributed by atoms with Gasteiger partial charge in [-0.1, -0.05) is 0 Å². The number of aliphatic hydroxyl groups is 1. The van der Waals surface area contributed by atoms with Crippen molar-refractivity contribution in [2.24, 2.45) is 0 Å². The third kappa shape index (κ3) is 5.71. The SMILES string of the molecule is CC(C)(C)OC(=O)NC(C(=O)O)C(O)C(=O)O. The molecule has 0 aromatic rings. The summed E-state index contributed by atoms with van der Waals surface area (Å²) in [4.78, 5) is 32.3. The normalized spacial score (nSPS) is 14.6. The lowest BCUT2D eigenvalue weighted by atomic mass is 10.1. The van der Waals surface area contributed by atoms with Gasteiger partial charge < -0.3 is 25.4 Å². The maximum Gasteiger partial charge on any atom is 0.408 e. The van der Waals surface area contributed by atoms with E-state index in [0.717, 1.165) is 0 Å². The average molecular weight is 249 g/mol. The van der Waals surface area contributed by atoms with Crippen LogP contribution in [0.2, 0.25) is 0 Å². The molecular weight excluding hydrogens is 234 g/mol. The minimum Gasteiger partial charge on any atom is -0.480 e. The van der Waals surface area contributed by atoms with Crippen LogP contribution in [0.1, 0.15) is 20.8 Å². The highest BCUT2D eigenvalue weighted by atomic mass is 16.6. The smallest absolute Gasteiger partial charge is 0.408 e. The van der Waals surface area contributed by atoms with Crippen LogP contribution in [-0.2, 0) is 14.3 Å². The maximum absolute atomic E-state index is 11.2. The summed E-state index contributed by atoms with van der Waals surface area (Å²) in [6.45, 7) is 4.65. The van der Waals surface area contributed by atoms with Gasteiger partial charge in [-0.15, -0.1) is 0 Å². The van der Waals surface area contributed by atoms with Crippen LogP contribution in [0.3, 0.4) is 0 Å². The van der Waals surface area contributed by atoms with E-state index < -0.39 is 35.8 Å². The molecule has 98 valence electrons. The minimum absolute atomic E-state index is 0.860. The van der Waals surface area contributed by atoms with Gasteiger partial charge >= 0.3 is 18.0 Å². The molecule has 0 radical (unpaired) electrons. The molecule has 4 N–H and O–H groups in total. The number of aliphatic hydroxyl groups excluding tert-OH is 1. The number of ether oxygens (including phenoxy) is 1. The fourth-order valence-corrected chi connectivity index (χ4v) is 0.853. The third-order valence-corrected chi connectivity index (χ3v) is 1.51. The van der Waals surface area contributed by atoms with Crippen molar-refractivity contribution in [1.82, 2.24) is 5.32 Å². The largest absolute Gasteiger partial charge is 0.480 e. The third-order valence-electron chi connectivity index (χ3n) is 1.51. The lowest BCUT2D eigenvalue weighted by molar-refractivity contribution is -0.156. The number of carbonyl (C=O) groups excluding carboxylic acids is 1. The topological polar surface area (TPSA) is 133 Å². The molecule has 0 saturated carbocycles. The number of amides is 1. The Bertz CT molecular complexity index is 320. The number of rotatable bonds is 4. The summed E-state index contributed by atoms with van der Waals surface area (Å²) in [5, 5.41) is 27.9. The van der Waals surface area contributed by atoms with Gasteiger partial charge in [0.1, 0.15) is 5.60 Å². The van der Waals surface area contributed by atoms with Gasteiger partial charge in [0.05, 0.1) is 0 Å². The van der Waals surface area contributed by atoms with E-state index in [1.54, 1.807) is 26.1 Å². The quantitative estimate of drug-likeness (QED) is 0.523. The first-order chi connectivity index (χ1) is 7.54. The number of aliphatic carboxylic acids is 2. The van der Waals surface area contributed by atoms with Crippen LogP contribution in [0.25, 0.3) is 0 Å². The minimum atomic E-state index is -2.25. The van der Waals surface area contributed by atoms with Gasteiger partial charge in [0.15, 0.2) is 12.1 Å². The maximum atomic E-state index is 11.2. The lowest BCUT2D eigenvalue weighted by Gasteiger charge is -2.22. The van der Waals surface area contributed by atoms with Gasteiger partial charge in [-0.2, -0.15) is 0 Å². The predicted molar refractivity (Wildman–Crippen MR) is 54.4 cm³/mol. The van der Waals surface area contributed by atoms with Crippen molar-refractivity contribution >= 4 is 18.0 Å². The van der Waals surface area contributed by atoms with Crippen molar-refractivity contribution in [2.45, 2.75) is 38.5 Å². The van der Waals surface area contributed by atoms with Gasteiger partial charge in [0.2, 0.25) is 0 Å². The van der Waals surface area contributed by atoms with Crippen LogP contribution < -0.4 is 5.32 Å². The van der Waals surface area contributed by atoms with Gasteiger partial charge in [-0.05, 0) is 20.8 Å². The molecule has 0 bridgehead atoms. The van der Waals surface area contributed by atoms with Gasteiger partial charge in [-0.25, -0.2) is 14.4 Å². The molecule has 1 amide bonds. The Morgan fingerprint density at radius 1 is 1.12 bits per heavy atom. The number of carboxylic acid groups (broad SMARTS) is 2. The second-order valence-electron chi connectivity index (χ2n) is 4.25. The van der Waals surface area contributed by atoms with Crippen molar-refractivity contribution in [2.75, 3.05) is 0 Å². The van der Waals surface area contributed by atoms with Crippen molar-refractivity contribution in [1.29, 1.82) is 0 Å². The monoisotopic (exact) mass is 249 g/mol. The lowest BCUT2D eigenvalue weighted by Crippen LogP contribution is -2.52. The summed E-state index contributed by atoms with van der Waals surface area (Å²) in [7, 11) is 0. The molecule has 8 nitrogen and oxygen atoms in total. The molecule has 2 atom stereocenters. The Labute approximate surface area is 97.2 Å². The van der Waals surface area contributed by atoms with Crippen LogP contribution in [0, 0.1) is 0 Å². The van der Waals surface area contributed by atoms with E-state index in [1.165, 1.54) is 0 Å². The molecule has 0 aliphatic rings. The van der Waals surface area contributed by atoms with Gasteiger partial charge in [-0.3, -0.25) is 0 Å². The van der Waals surface area contributed by atoms with E-state index in [9.17, 15) is 14.4 Å². The first-order valence-electron chi connectivity index (χ1n) is 4.68. The molecule has 0 aliphatic heterocycles. The second kappa shape index (κ2) is 5.48. The molecule has 0 rings (SSSR count). The zero-order valence-corrected chi connectivity index (χ0v) is 9.63. The number of hydrogen-bond donors (Lipinski definition) is 4. The van der Waals surface area contributed by atoms with E-state index in [2.05, 4.69) is 0 Å². The van der Waals surface area contributed by atoms with Crippen LogP contribution in [0.5, 0.6) is 0 Å². The van der Waals surface area contributed by atoms with Crippen molar-refractivity contribution in [3.8, 4) is 0 Å². The number of nitrogens with one attached hydrogen (secondary N) is 1. The fraction of sp³-hybridized carbons (Fsp3) is 0.667. The Hall–Kier alpha value is -1.83. The van der Waals surface area contributed by atoms with Crippen molar-refractivity contribution < 1.29 is 34.4 Å². The van der Waals surface area contributed by atoms with Crippen LogP contribution >= 0.6 is 0 Å². The summed E-state index contributed by atoms with van der Waals surface area (Å²) < 4.78 is 4.73. The summed E-state index contributed by atoms with van der Waals surface area (Å²) in [5.41, 5.74) is -0.860. The molecule has 2 unspecified atom stereocenters. The van der Waals surface area contributed by atoms with Crippen LogP contribution in [0.15, 0.2) is 0 Å². The Balaban J connectivity index is 4.62. The first kappa shape index (κ1) is 15.2. The number of carbonyl (C=O) groups is 3. The molecule has 0 aromatic heterocycles. The average Bonchev–Trinajstić information content (AvgIpc) is 2.09. The second-order valence-corrected chi connectivity index (χ2v) is 4.25. The first-order valence-corrected chi connectivity index (χ1v) is 4.68. The Morgan fingerprint density at radius 2 is 1.59 bits per heavy atom. The highest BCUT2D eigenvalue weighted by molar-refractivity contribution is 5.87. The summed E-state index contributed by atoms with van der Waals surface area (Å²) in [5.74, 6) is -3.43. The summed E-state index contributed by atoms with van der Waals surface area (Å²) >= 11 is 0. The molecule has 0 aliphatic carbocycles.